The Hall–Kier alpha value is -1.95. The van der Waals surface area contributed by atoms with Crippen molar-refractivity contribution in [3.05, 3.63) is 40.1 Å². The van der Waals surface area contributed by atoms with E-state index >= 15 is 0 Å². The molecule has 0 bridgehead atoms. The van der Waals surface area contributed by atoms with Crippen molar-refractivity contribution in [2.45, 2.75) is 13.5 Å². The SMILES string of the molecule is Cc1nc(CN(C)c2ccc(C(=N)N)nc2)cs1. The number of nitrogens with two attached hydrogens (primary N) is 1. The van der Waals surface area contributed by atoms with Gasteiger partial charge in [0, 0.05) is 12.4 Å². The van der Waals surface area contributed by atoms with Gasteiger partial charge >= 0.3 is 0 Å². The maximum atomic E-state index is 7.29. The van der Waals surface area contributed by atoms with E-state index in [1.807, 2.05) is 20.0 Å². The van der Waals surface area contributed by atoms with E-state index in [1.54, 1.807) is 23.6 Å². The summed E-state index contributed by atoms with van der Waals surface area (Å²) in [5.41, 5.74) is 7.89. The molecule has 2 aromatic rings. The average Bonchev–Trinajstić information content (AvgIpc) is 2.75. The van der Waals surface area contributed by atoms with Crippen molar-refractivity contribution in [1.29, 1.82) is 5.41 Å². The number of nitrogen functional groups attached to an aromatic ring is 1. The molecule has 3 N–H and O–H groups in total. The number of pyridine rings is 1. The number of amidine groups is 1. The van der Waals surface area contributed by atoms with Gasteiger partial charge in [-0.25, -0.2) is 4.98 Å². The van der Waals surface area contributed by atoms with Crippen molar-refractivity contribution in [1.82, 2.24) is 9.97 Å². The first-order valence-corrected chi connectivity index (χ1v) is 6.37. The van der Waals surface area contributed by atoms with Crippen molar-refractivity contribution < 1.29 is 0 Å². The van der Waals surface area contributed by atoms with Crippen LogP contribution in [0.15, 0.2) is 23.7 Å². The lowest BCUT2D eigenvalue weighted by Gasteiger charge is -2.17. The van der Waals surface area contributed by atoms with Crippen LogP contribution in [0.4, 0.5) is 5.69 Å². The minimum Gasteiger partial charge on any atom is -0.382 e. The number of nitrogens with zero attached hydrogens (tertiary/aromatic N) is 3. The fourth-order valence-electron chi connectivity index (χ4n) is 1.59. The molecule has 0 fully saturated rings. The highest BCUT2D eigenvalue weighted by molar-refractivity contribution is 7.09. The molecule has 18 heavy (non-hydrogen) atoms. The van der Waals surface area contributed by atoms with Crippen LogP contribution in [0.5, 0.6) is 0 Å². The molecule has 0 unspecified atom stereocenters. The first-order chi connectivity index (χ1) is 8.56. The van der Waals surface area contributed by atoms with Crippen LogP contribution in [0.3, 0.4) is 0 Å². The number of nitrogens with one attached hydrogen (secondary N) is 1. The Morgan fingerprint density at radius 3 is 2.78 bits per heavy atom. The molecular weight excluding hydrogens is 246 g/mol. The minimum absolute atomic E-state index is 0.0145. The molecule has 2 aromatic heterocycles. The van der Waals surface area contributed by atoms with E-state index in [0.717, 1.165) is 22.9 Å². The Morgan fingerprint density at radius 2 is 2.28 bits per heavy atom. The number of aromatic nitrogens is 2. The first-order valence-electron chi connectivity index (χ1n) is 5.49. The third-order valence-electron chi connectivity index (χ3n) is 2.53. The first kappa shape index (κ1) is 12.5. The molecule has 0 saturated carbocycles. The van der Waals surface area contributed by atoms with E-state index in [4.69, 9.17) is 11.1 Å². The van der Waals surface area contributed by atoms with E-state index in [2.05, 4.69) is 20.2 Å². The van der Waals surface area contributed by atoms with E-state index < -0.39 is 0 Å². The fraction of sp³-hybridized carbons (Fsp3) is 0.250. The van der Waals surface area contributed by atoms with Crippen LogP contribution >= 0.6 is 11.3 Å². The standard InChI is InChI=1S/C12H15N5S/c1-8-16-9(7-18-8)6-17(2)10-3-4-11(12(13)14)15-5-10/h3-5,7H,6H2,1-2H3,(H3,13,14). The van der Waals surface area contributed by atoms with Gasteiger partial charge in [0.15, 0.2) is 0 Å². The molecule has 0 atom stereocenters. The topological polar surface area (TPSA) is 78.9 Å². The molecule has 6 heteroatoms. The molecule has 0 aliphatic carbocycles. The maximum absolute atomic E-state index is 7.29. The highest BCUT2D eigenvalue weighted by Gasteiger charge is 2.06. The Bertz CT molecular complexity index is 546. The summed E-state index contributed by atoms with van der Waals surface area (Å²) in [6, 6.07) is 3.66. The molecule has 0 aliphatic heterocycles. The molecule has 0 amide bonds. The smallest absolute Gasteiger partial charge is 0.141 e. The molecule has 0 spiro atoms. The van der Waals surface area contributed by atoms with Gasteiger partial charge in [-0.3, -0.25) is 10.4 Å². The van der Waals surface area contributed by atoms with Crippen molar-refractivity contribution in [2.75, 3.05) is 11.9 Å². The molecule has 0 saturated heterocycles. The molecule has 0 aromatic carbocycles. The highest BCUT2D eigenvalue weighted by Crippen LogP contribution is 2.16. The molecular formula is C12H15N5S. The van der Waals surface area contributed by atoms with Crippen molar-refractivity contribution >= 4 is 22.9 Å². The summed E-state index contributed by atoms with van der Waals surface area (Å²) < 4.78 is 0. The van der Waals surface area contributed by atoms with E-state index in [9.17, 15) is 0 Å². The lowest BCUT2D eigenvalue weighted by molar-refractivity contribution is 0.886. The van der Waals surface area contributed by atoms with Crippen LogP contribution in [-0.4, -0.2) is 22.9 Å². The summed E-state index contributed by atoms with van der Waals surface area (Å²) in [5.74, 6) is -0.0145. The molecule has 5 nitrogen and oxygen atoms in total. The molecule has 2 rings (SSSR count). The normalized spacial score (nSPS) is 10.3. The van der Waals surface area contributed by atoms with Crippen LogP contribution in [0.2, 0.25) is 0 Å². The van der Waals surface area contributed by atoms with Gasteiger partial charge in [-0.1, -0.05) is 0 Å². The molecule has 2 heterocycles. The molecule has 0 aliphatic rings. The number of thiazole rings is 1. The van der Waals surface area contributed by atoms with Gasteiger partial charge in [-0.15, -0.1) is 11.3 Å². The largest absolute Gasteiger partial charge is 0.382 e. The zero-order chi connectivity index (χ0) is 13.1. The van der Waals surface area contributed by atoms with Crippen molar-refractivity contribution in [3.8, 4) is 0 Å². The van der Waals surface area contributed by atoms with Crippen LogP contribution in [0.1, 0.15) is 16.4 Å². The Kier molecular flexibility index (Phi) is 3.57. The third-order valence-corrected chi connectivity index (χ3v) is 3.35. The predicted octanol–water partition coefficient (Wildman–Crippen LogP) is 1.77. The number of anilines is 1. The van der Waals surface area contributed by atoms with E-state index in [1.165, 1.54) is 0 Å². The van der Waals surface area contributed by atoms with Crippen molar-refractivity contribution in [3.63, 3.8) is 0 Å². The highest BCUT2D eigenvalue weighted by atomic mass is 32.1. The third kappa shape index (κ3) is 2.84. The monoisotopic (exact) mass is 261 g/mol. The maximum Gasteiger partial charge on any atom is 0.141 e. The fourth-order valence-corrected chi connectivity index (χ4v) is 2.19. The molecule has 94 valence electrons. The van der Waals surface area contributed by atoms with Gasteiger partial charge in [0.05, 0.1) is 29.1 Å². The van der Waals surface area contributed by atoms with Crippen LogP contribution in [-0.2, 0) is 6.54 Å². The van der Waals surface area contributed by atoms with Crippen LogP contribution < -0.4 is 10.6 Å². The van der Waals surface area contributed by atoms with E-state index in [-0.39, 0.29) is 5.84 Å². The summed E-state index contributed by atoms with van der Waals surface area (Å²) in [7, 11) is 1.99. The minimum atomic E-state index is -0.0145. The molecule has 0 radical (unpaired) electrons. The summed E-state index contributed by atoms with van der Waals surface area (Å²) in [5, 5.41) is 10.4. The van der Waals surface area contributed by atoms with Crippen LogP contribution in [0, 0.1) is 12.3 Å². The lowest BCUT2D eigenvalue weighted by atomic mass is 10.3. The Balaban J connectivity index is 2.09. The van der Waals surface area contributed by atoms with Gasteiger partial charge in [0.1, 0.15) is 11.5 Å². The van der Waals surface area contributed by atoms with Gasteiger partial charge < -0.3 is 10.6 Å². The quantitative estimate of drug-likeness (QED) is 0.649. The van der Waals surface area contributed by atoms with Gasteiger partial charge in [0.2, 0.25) is 0 Å². The second kappa shape index (κ2) is 5.14. The number of aryl methyl sites for hydroxylation is 1. The number of hydrogen-bond acceptors (Lipinski definition) is 5. The van der Waals surface area contributed by atoms with Crippen molar-refractivity contribution in [2.24, 2.45) is 5.73 Å². The summed E-state index contributed by atoms with van der Waals surface area (Å²) in [6.45, 7) is 2.74. The lowest BCUT2D eigenvalue weighted by Crippen LogP contribution is -2.18. The summed E-state index contributed by atoms with van der Waals surface area (Å²) >= 11 is 1.65. The zero-order valence-corrected chi connectivity index (χ0v) is 11.2. The number of hydrogen-bond donors (Lipinski definition) is 2. The van der Waals surface area contributed by atoms with Crippen LogP contribution in [0.25, 0.3) is 0 Å². The predicted molar refractivity (Wildman–Crippen MR) is 74.2 cm³/mol. The van der Waals surface area contributed by atoms with Gasteiger partial charge in [-0.2, -0.15) is 0 Å². The Labute approximate surface area is 110 Å². The average molecular weight is 261 g/mol. The van der Waals surface area contributed by atoms with Gasteiger partial charge in [-0.05, 0) is 19.1 Å². The van der Waals surface area contributed by atoms with E-state index in [0.29, 0.717) is 5.69 Å². The second-order valence-electron chi connectivity index (χ2n) is 4.03. The number of rotatable bonds is 4. The zero-order valence-electron chi connectivity index (χ0n) is 10.3. The summed E-state index contributed by atoms with van der Waals surface area (Å²) in [4.78, 5) is 10.6. The second-order valence-corrected chi connectivity index (χ2v) is 5.09. The Morgan fingerprint density at radius 1 is 1.50 bits per heavy atom. The van der Waals surface area contributed by atoms with Gasteiger partial charge in [0.25, 0.3) is 0 Å². The summed E-state index contributed by atoms with van der Waals surface area (Å²) in [6.07, 6.45) is 1.72.